The normalized spacial score (nSPS) is 14.4. The van der Waals surface area contributed by atoms with Crippen molar-refractivity contribution in [1.82, 2.24) is 5.06 Å². The summed E-state index contributed by atoms with van der Waals surface area (Å²) in [5.41, 5.74) is 2.92. The Kier molecular flexibility index (Phi) is 3.12. The minimum Gasteiger partial charge on any atom is -0.319 e. The first kappa shape index (κ1) is 13.0. The Balaban J connectivity index is 2.18. The number of para-hydroxylation sites is 1. The molecular formula is C15H13ClN2O2. The molecule has 0 bridgehead atoms. The van der Waals surface area contributed by atoms with Gasteiger partial charge in [-0.2, -0.15) is 5.06 Å². The van der Waals surface area contributed by atoms with Crippen LogP contribution in [-0.4, -0.2) is 22.8 Å². The van der Waals surface area contributed by atoms with Crippen LogP contribution in [0.3, 0.4) is 0 Å². The number of carbonyl (C=O) groups excluding carboxylic acids is 1. The topological polar surface area (TPSA) is 43.8 Å². The molecule has 4 nitrogen and oxygen atoms in total. The van der Waals surface area contributed by atoms with Gasteiger partial charge in [0.25, 0.3) is 5.91 Å². The Bertz CT molecular complexity index is 687. The first-order valence-corrected chi connectivity index (χ1v) is 6.60. The Labute approximate surface area is 121 Å². The summed E-state index contributed by atoms with van der Waals surface area (Å²) >= 11 is 6.35. The minimum atomic E-state index is -0.402. The quantitative estimate of drug-likeness (QED) is 0.816. The predicted octanol–water partition coefficient (Wildman–Crippen LogP) is 3.59. The smallest absolute Gasteiger partial charge is 0.281 e. The molecule has 1 aliphatic rings. The second kappa shape index (κ2) is 4.81. The molecule has 0 fully saturated rings. The van der Waals surface area contributed by atoms with Crippen molar-refractivity contribution in [2.75, 3.05) is 11.6 Å². The van der Waals surface area contributed by atoms with Crippen LogP contribution < -0.4 is 4.90 Å². The summed E-state index contributed by atoms with van der Waals surface area (Å²) in [6.45, 7) is 1.97. The molecule has 0 unspecified atom stereocenters. The lowest BCUT2D eigenvalue weighted by molar-refractivity contribution is -0.0583. The van der Waals surface area contributed by atoms with Crippen LogP contribution in [0, 0.1) is 6.92 Å². The lowest BCUT2D eigenvalue weighted by Crippen LogP contribution is -2.42. The van der Waals surface area contributed by atoms with E-state index in [9.17, 15) is 10.0 Å². The molecule has 0 spiro atoms. The van der Waals surface area contributed by atoms with E-state index in [1.165, 1.54) is 0 Å². The van der Waals surface area contributed by atoms with Gasteiger partial charge in [-0.25, -0.2) is 0 Å². The van der Waals surface area contributed by atoms with E-state index in [1.54, 1.807) is 12.1 Å². The zero-order valence-corrected chi connectivity index (χ0v) is 11.6. The minimum absolute atomic E-state index is 0.0546. The third-order valence-corrected chi connectivity index (χ3v) is 3.89. The van der Waals surface area contributed by atoms with Gasteiger partial charge in [0.15, 0.2) is 0 Å². The van der Waals surface area contributed by atoms with Gasteiger partial charge in [0.05, 0.1) is 22.0 Å². The molecule has 0 radical (unpaired) electrons. The summed E-state index contributed by atoms with van der Waals surface area (Å²) in [6, 6.07) is 12.9. The molecule has 1 aliphatic heterocycles. The van der Waals surface area contributed by atoms with Gasteiger partial charge in [0.1, 0.15) is 6.67 Å². The van der Waals surface area contributed by atoms with Gasteiger partial charge in [-0.1, -0.05) is 35.9 Å². The fraction of sp³-hybridized carbons (Fsp3) is 0.133. The van der Waals surface area contributed by atoms with Crippen molar-refractivity contribution in [3.63, 3.8) is 0 Å². The summed E-state index contributed by atoms with van der Waals surface area (Å²) in [5.74, 6) is -0.402. The maximum Gasteiger partial charge on any atom is 0.281 e. The summed E-state index contributed by atoms with van der Waals surface area (Å²) in [5, 5.41) is 11.1. The van der Waals surface area contributed by atoms with E-state index in [1.807, 2.05) is 42.2 Å². The number of aryl methyl sites for hydroxylation is 1. The number of anilines is 2. The van der Waals surface area contributed by atoms with Crippen molar-refractivity contribution in [2.24, 2.45) is 0 Å². The number of rotatable bonds is 1. The molecular weight excluding hydrogens is 276 g/mol. The van der Waals surface area contributed by atoms with Gasteiger partial charge in [-0.3, -0.25) is 10.0 Å². The van der Waals surface area contributed by atoms with Crippen molar-refractivity contribution >= 4 is 28.9 Å². The van der Waals surface area contributed by atoms with Crippen molar-refractivity contribution in [3.05, 3.63) is 58.6 Å². The van der Waals surface area contributed by atoms with Crippen LogP contribution in [0.25, 0.3) is 0 Å². The fourth-order valence-electron chi connectivity index (χ4n) is 2.35. The molecule has 2 aromatic carbocycles. The maximum absolute atomic E-state index is 12.0. The van der Waals surface area contributed by atoms with E-state index < -0.39 is 5.91 Å². The molecule has 0 saturated heterocycles. The third-order valence-electron chi connectivity index (χ3n) is 3.40. The van der Waals surface area contributed by atoms with Gasteiger partial charge in [-0.05, 0) is 30.7 Å². The number of halogens is 1. The molecule has 1 heterocycles. The number of hydrogen-bond donors (Lipinski definition) is 1. The Hall–Kier alpha value is -2.04. The Morgan fingerprint density at radius 3 is 2.60 bits per heavy atom. The van der Waals surface area contributed by atoms with Crippen LogP contribution in [0.15, 0.2) is 42.5 Å². The highest BCUT2D eigenvalue weighted by molar-refractivity contribution is 6.34. The SMILES string of the molecule is Cc1cccc(N2CN(O)C(=O)c3ccccc32)c1Cl. The zero-order chi connectivity index (χ0) is 14.3. The molecule has 0 saturated carbocycles. The van der Waals surface area contributed by atoms with E-state index in [0.29, 0.717) is 15.6 Å². The average Bonchev–Trinajstić information content (AvgIpc) is 2.46. The lowest BCUT2D eigenvalue weighted by Gasteiger charge is -2.35. The van der Waals surface area contributed by atoms with E-state index in [0.717, 1.165) is 16.9 Å². The van der Waals surface area contributed by atoms with Crippen LogP contribution >= 0.6 is 11.6 Å². The molecule has 2 aromatic rings. The maximum atomic E-state index is 12.0. The first-order chi connectivity index (χ1) is 9.59. The van der Waals surface area contributed by atoms with Gasteiger partial charge in [0.2, 0.25) is 0 Å². The van der Waals surface area contributed by atoms with E-state index in [-0.39, 0.29) is 6.67 Å². The Morgan fingerprint density at radius 1 is 1.10 bits per heavy atom. The van der Waals surface area contributed by atoms with Crippen LogP contribution in [0.1, 0.15) is 15.9 Å². The van der Waals surface area contributed by atoms with Crippen LogP contribution in [0.5, 0.6) is 0 Å². The van der Waals surface area contributed by atoms with E-state index in [4.69, 9.17) is 11.6 Å². The third kappa shape index (κ3) is 1.94. The van der Waals surface area contributed by atoms with Crippen LogP contribution in [0.2, 0.25) is 5.02 Å². The number of hydrogen-bond acceptors (Lipinski definition) is 3. The predicted molar refractivity (Wildman–Crippen MR) is 77.6 cm³/mol. The number of amides is 1. The standard InChI is InChI=1S/C15H13ClN2O2/c1-10-5-4-8-13(14(10)16)17-9-18(20)15(19)11-6-2-3-7-12(11)17/h2-8,20H,9H2,1H3. The summed E-state index contributed by atoms with van der Waals surface area (Å²) in [4.78, 5) is 13.8. The molecule has 102 valence electrons. The highest BCUT2D eigenvalue weighted by atomic mass is 35.5. The van der Waals surface area contributed by atoms with Crippen LogP contribution in [0.4, 0.5) is 11.4 Å². The second-order valence-electron chi connectivity index (χ2n) is 4.70. The molecule has 1 N–H and O–H groups in total. The van der Waals surface area contributed by atoms with Gasteiger partial charge >= 0.3 is 0 Å². The highest BCUT2D eigenvalue weighted by Gasteiger charge is 2.29. The largest absolute Gasteiger partial charge is 0.319 e. The summed E-state index contributed by atoms with van der Waals surface area (Å²) < 4.78 is 0. The lowest BCUT2D eigenvalue weighted by atomic mass is 10.1. The van der Waals surface area contributed by atoms with E-state index >= 15 is 0 Å². The molecule has 1 amide bonds. The van der Waals surface area contributed by atoms with Crippen molar-refractivity contribution in [2.45, 2.75) is 6.92 Å². The molecule has 3 rings (SSSR count). The highest BCUT2D eigenvalue weighted by Crippen LogP contribution is 2.37. The van der Waals surface area contributed by atoms with Gasteiger partial charge in [-0.15, -0.1) is 0 Å². The van der Waals surface area contributed by atoms with Gasteiger partial charge in [0, 0.05) is 0 Å². The second-order valence-corrected chi connectivity index (χ2v) is 5.08. The van der Waals surface area contributed by atoms with Crippen molar-refractivity contribution < 1.29 is 10.0 Å². The van der Waals surface area contributed by atoms with Crippen molar-refractivity contribution in [1.29, 1.82) is 0 Å². The van der Waals surface area contributed by atoms with Gasteiger partial charge < -0.3 is 4.90 Å². The molecule has 0 atom stereocenters. The molecule has 20 heavy (non-hydrogen) atoms. The average molecular weight is 289 g/mol. The zero-order valence-electron chi connectivity index (χ0n) is 10.9. The fourth-order valence-corrected chi connectivity index (χ4v) is 2.58. The first-order valence-electron chi connectivity index (χ1n) is 6.22. The molecule has 0 aromatic heterocycles. The summed E-state index contributed by atoms with van der Waals surface area (Å²) in [6.07, 6.45) is 0. The summed E-state index contributed by atoms with van der Waals surface area (Å²) in [7, 11) is 0. The van der Waals surface area contributed by atoms with Crippen molar-refractivity contribution in [3.8, 4) is 0 Å². The van der Waals surface area contributed by atoms with E-state index in [2.05, 4.69) is 0 Å². The van der Waals surface area contributed by atoms with Crippen LogP contribution in [-0.2, 0) is 0 Å². The number of nitrogens with zero attached hydrogens (tertiary/aromatic N) is 2. The number of benzene rings is 2. The number of hydroxylamine groups is 2. The number of carbonyl (C=O) groups is 1. The number of fused-ring (bicyclic) bond motifs is 1. The molecule has 5 heteroatoms. The monoisotopic (exact) mass is 288 g/mol. The molecule has 0 aliphatic carbocycles. The Morgan fingerprint density at radius 2 is 1.80 bits per heavy atom.